The molecule has 0 radical (unpaired) electrons. The number of hydrogen-bond acceptors (Lipinski definition) is 4. The van der Waals surface area contributed by atoms with Crippen LogP contribution in [0.4, 0.5) is 0 Å². The van der Waals surface area contributed by atoms with E-state index in [1.54, 1.807) is 13.0 Å². The summed E-state index contributed by atoms with van der Waals surface area (Å²) in [6.07, 6.45) is 6.20. The Morgan fingerprint density at radius 3 is 2.93 bits per heavy atom. The molecule has 152 valence electrons. The fourth-order valence-corrected chi connectivity index (χ4v) is 4.59. The van der Waals surface area contributed by atoms with Gasteiger partial charge >= 0.3 is 5.97 Å². The lowest BCUT2D eigenvalue weighted by atomic mass is 9.87. The van der Waals surface area contributed by atoms with Gasteiger partial charge in [0.2, 0.25) is 0 Å². The smallest absolute Gasteiger partial charge is 0.330 e. The second-order valence-corrected chi connectivity index (χ2v) is 7.71. The monoisotopic (exact) mass is 399 g/mol. The van der Waals surface area contributed by atoms with Crippen molar-refractivity contribution in [3.05, 3.63) is 70.0 Å². The van der Waals surface area contributed by atoms with E-state index >= 15 is 0 Å². The van der Waals surface area contributed by atoms with Crippen LogP contribution in [0.3, 0.4) is 0 Å². The second kappa shape index (κ2) is 8.16. The zero-order valence-corrected chi connectivity index (χ0v) is 17.6. The van der Waals surface area contributed by atoms with Crippen LogP contribution in [0.2, 0.25) is 0 Å². The lowest BCUT2D eigenvalue weighted by molar-refractivity contribution is -0.137. The quantitative estimate of drug-likeness (QED) is 0.456. The van der Waals surface area contributed by atoms with E-state index in [1.807, 2.05) is 19.9 Å². The van der Waals surface area contributed by atoms with Crippen molar-refractivity contribution in [1.82, 2.24) is 9.55 Å². The molecule has 1 unspecified atom stereocenters. The van der Waals surface area contributed by atoms with Crippen molar-refractivity contribution in [1.29, 1.82) is 5.26 Å². The van der Waals surface area contributed by atoms with Crippen molar-refractivity contribution in [3.8, 4) is 6.07 Å². The molecule has 1 atom stereocenters. The van der Waals surface area contributed by atoms with Gasteiger partial charge in [-0.25, -0.2) is 9.78 Å². The molecule has 0 bridgehead atoms. The largest absolute Gasteiger partial charge is 0.463 e. The predicted molar refractivity (Wildman–Crippen MR) is 117 cm³/mol. The Bertz CT molecular complexity index is 1200. The molecule has 0 spiro atoms. The highest BCUT2D eigenvalue weighted by Crippen LogP contribution is 2.39. The molecule has 0 aliphatic heterocycles. The van der Waals surface area contributed by atoms with Crippen LogP contribution in [0.25, 0.3) is 17.1 Å². The molecule has 1 aromatic carbocycles. The summed E-state index contributed by atoms with van der Waals surface area (Å²) in [6, 6.07) is 12.9. The number of ether oxygens (including phenoxy) is 1. The molecule has 0 saturated heterocycles. The maximum absolute atomic E-state index is 12.0. The summed E-state index contributed by atoms with van der Waals surface area (Å²) in [7, 11) is 0. The first-order valence-electron chi connectivity index (χ1n) is 10.4. The van der Waals surface area contributed by atoms with Crippen LogP contribution in [0.1, 0.15) is 59.4 Å². The summed E-state index contributed by atoms with van der Waals surface area (Å²) in [6.45, 7) is 6.07. The number of nitriles is 1. The van der Waals surface area contributed by atoms with Crippen molar-refractivity contribution in [3.63, 3.8) is 0 Å². The number of hydrogen-bond donors (Lipinski definition) is 0. The molecule has 0 amide bonds. The Labute approximate surface area is 176 Å². The molecule has 0 fully saturated rings. The Hall–Kier alpha value is -3.39. The summed E-state index contributed by atoms with van der Waals surface area (Å²) in [5, 5.41) is 10.9. The summed E-state index contributed by atoms with van der Waals surface area (Å²) in [4.78, 5) is 16.9. The zero-order chi connectivity index (χ0) is 21.3. The van der Waals surface area contributed by atoms with Gasteiger partial charge in [-0.3, -0.25) is 0 Å². The molecule has 5 heteroatoms. The first-order chi connectivity index (χ1) is 14.5. The van der Waals surface area contributed by atoms with E-state index in [9.17, 15) is 10.1 Å². The minimum absolute atomic E-state index is 0.0649. The molecule has 5 nitrogen and oxygen atoms in total. The van der Waals surface area contributed by atoms with Crippen LogP contribution < -0.4 is 0 Å². The van der Waals surface area contributed by atoms with Crippen molar-refractivity contribution in [2.45, 2.75) is 46.1 Å². The Morgan fingerprint density at radius 2 is 2.17 bits per heavy atom. The maximum Gasteiger partial charge on any atom is 0.330 e. The lowest BCUT2D eigenvalue weighted by Gasteiger charge is -2.28. The van der Waals surface area contributed by atoms with Crippen LogP contribution in [-0.2, 0) is 16.0 Å². The highest BCUT2D eigenvalue weighted by molar-refractivity contribution is 5.94. The molecule has 1 aliphatic carbocycles. The molecule has 30 heavy (non-hydrogen) atoms. The lowest BCUT2D eigenvalue weighted by Crippen LogP contribution is -2.19. The van der Waals surface area contributed by atoms with Gasteiger partial charge in [-0.15, -0.1) is 0 Å². The summed E-state index contributed by atoms with van der Waals surface area (Å²) in [5.74, 6) is -0.414. The van der Waals surface area contributed by atoms with Gasteiger partial charge in [-0.2, -0.15) is 5.26 Å². The number of carbonyl (C=O) groups is 1. The van der Waals surface area contributed by atoms with E-state index in [0.29, 0.717) is 17.9 Å². The van der Waals surface area contributed by atoms with E-state index < -0.39 is 5.97 Å². The predicted octanol–water partition coefficient (Wildman–Crippen LogP) is 5.03. The number of pyridine rings is 1. The van der Waals surface area contributed by atoms with Crippen molar-refractivity contribution >= 4 is 23.1 Å². The van der Waals surface area contributed by atoms with Crippen LogP contribution in [0.5, 0.6) is 0 Å². The highest BCUT2D eigenvalue weighted by Gasteiger charge is 2.28. The number of carbonyl (C=O) groups excluding carboxylic acids is 1. The second-order valence-electron chi connectivity index (χ2n) is 7.71. The van der Waals surface area contributed by atoms with Crippen molar-refractivity contribution in [2.75, 3.05) is 6.61 Å². The average Bonchev–Trinajstić information content (AvgIpc) is 3.05. The van der Waals surface area contributed by atoms with Gasteiger partial charge in [0.25, 0.3) is 0 Å². The molecule has 3 aromatic rings. The molecule has 2 aromatic heterocycles. The fraction of sp³-hybridized carbons (Fsp3) is 0.320. The number of esters is 1. The van der Waals surface area contributed by atoms with Crippen LogP contribution in [-0.4, -0.2) is 22.1 Å². The van der Waals surface area contributed by atoms with Gasteiger partial charge in [0.15, 0.2) is 0 Å². The minimum atomic E-state index is -0.414. The third-order valence-corrected chi connectivity index (χ3v) is 5.74. The summed E-state index contributed by atoms with van der Waals surface area (Å²) in [5.41, 5.74) is 6.59. The first-order valence-corrected chi connectivity index (χ1v) is 10.4. The molecule has 0 N–H and O–H groups in total. The van der Waals surface area contributed by atoms with Gasteiger partial charge in [-0.05, 0) is 68.9 Å². The van der Waals surface area contributed by atoms with E-state index in [-0.39, 0.29) is 6.04 Å². The molecule has 2 heterocycles. The maximum atomic E-state index is 12.0. The van der Waals surface area contributed by atoms with E-state index in [1.165, 1.54) is 17.2 Å². The third-order valence-electron chi connectivity index (χ3n) is 5.74. The van der Waals surface area contributed by atoms with Gasteiger partial charge in [0.1, 0.15) is 11.7 Å². The average molecular weight is 399 g/mol. The van der Waals surface area contributed by atoms with Gasteiger partial charge < -0.3 is 9.30 Å². The molecule has 0 saturated carbocycles. The number of rotatable bonds is 4. The third kappa shape index (κ3) is 3.39. The first kappa shape index (κ1) is 19.9. The molecule has 1 aliphatic rings. The van der Waals surface area contributed by atoms with Crippen LogP contribution in [0, 0.1) is 25.2 Å². The summed E-state index contributed by atoms with van der Waals surface area (Å²) < 4.78 is 7.22. The normalized spacial score (nSPS) is 15.9. The molecular weight excluding hydrogens is 374 g/mol. The van der Waals surface area contributed by atoms with Gasteiger partial charge in [0, 0.05) is 17.2 Å². The van der Waals surface area contributed by atoms with Gasteiger partial charge in [0.05, 0.1) is 23.9 Å². The van der Waals surface area contributed by atoms with E-state index in [4.69, 9.17) is 9.72 Å². The fourth-order valence-electron chi connectivity index (χ4n) is 4.59. The molecular formula is C25H25N3O2. The number of aryl methyl sites for hydroxylation is 3. The standard InChI is InChI=1S/C25H25N3O2/c1-4-30-23(29)13-12-22-20(15-26)24-16(2)14-17(3)27-25(24)28(22)21-11-7-9-18-8-5-6-10-19(18)21/h5-6,8,10,12-14,21H,4,7,9,11H2,1-3H3/b13-12+. The summed E-state index contributed by atoms with van der Waals surface area (Å²) >= 11 is 0. The Morgan fingerprint density at radius 1 is 1.37 bits per heavy atom. The number of benzene rings is 1. The van der Waals surface area contributed by atoms with Crippen LogP contribution >= 0.6 is 0 Å². The van der Waals surface area contributed by atoms with E-state index in [2.05, 4.69) is 34.9 Å². The zero-order valence-electron chi connectivity index (χ0n) is 17.6. The SMILES string of the molecule is CCOC(=O)/C=C/c1c(C#N)c2c(C)cc(C)nc2n1C1CCCc2ccccc21. The Kier molecular flexibility index (Phi) is 5.41. The topological polar surface area (TPSA) is 67.9 Å². The van der Waals surface area contributed by atoms with Gasteiger partial charge in [-0.1, -0.05) is 24.3 Å². The number of aromatic nitrogens is 2. The number of fused-ring (bicyclic) bond motifs is 2. The molecule has 4 rings (SSSR count). The minimum Gasteiger partial charge on any atom is -0.463 e. The number of nitrogens with zero attached hydrogens (tertiary/aromatic N) is 3. The van der Waals surface area contributed by atoms with Crippen molar-refractivity contribution in [2.24, 2.45) is 0 Å². The van der Waals surface area contributed by atoms with E-state index in [0.717, 1.165) is 41.6 Å². The Balaban J connectivity index is 2.02. The van der Waals surface area contributed by atoms with Crippen LogP contribution in [0.15, 0.2) is 36.4 Å². The highest BCUT2D eigenvalue weighted by atomic mass is 16.5. The van der Waals surface area contributed by atoms with Crippen molar-refractivity contribution < 1.29 is 9.53 Å².